The fourth-order valence-corrected chi connectivity index (χ4v) is 2.51. The van der Waals surface area contributed by atoms with Crippen LogP contribution < -0.4 is 0 Å². The van der Waals surface area contributed by atoms with E-state index in [4.69, 9.17) is 0 Å². The first-order valence-electron chi connectivity index (χ1n) is 4.96. The van der Waals surface area contributed by atoms with Crippen molar-refractivity contribution < 1.29 is 0 Å². The van der Waals surface area contributed by atoms with E-state index in [1.807, 2.05) is 0 Å². The van der Waals surface area contributed by atoms with Gasteiger partial charge in [-0.05, 0) is 24.8 Å². The van der Waals surface area contributed by atoms with Gasteiger partial charge in [0, 0.05) is 17.0 Å². The lowest BCUT2D eigenvalue weighted by atomic mass is 10.1. The summed E-state index contributed by atoms with van der Waals surface area (Å²) >= 11 is 2.56. The van der Waals surface area contributed by atoms with Crippen molar-refractivity contribution in [2.45, 2.75) is 31.1 Å². The molecule has 2 atom stereocenters. The van der Waals surface area contributed by atoms with E-state index in [1.54, 1.807) is 0 Å². The lowest BCUT2D eigenvalue weighted by Crippen LogP contribution is -2.26. The van der Waals surface area contributed by atoms with Crippen LogP contribution in [0.1, 0.15) is 27.2 Å². The van der Waals surface area contributed by atoms with Crippen LogP contribution in [-0.2, 0) is 0 Å². The quantitative estimate of drug-likeness (QED) is 0.568. The molecule has 0 saturated carbocycles. The van der Waals surface area contributed by atoms with E-state index >= 15 is 0 Å². The average molecular weight is 281 g/mol. The van der Waals surface area contributed by atoms with Crippen LogP contribution in [0.5, 0.6) is 0 Å². The second-order valence-corrected chi connectivity index (χ2v) is 6.34. The van der Waals surface area contributed by atoms with Crippen molar-refractivity contribution in [3.8, 4) is 0 Å². The molecule has 0 aromatic heterocycles. The van der Waals surface area contributed by atoms with Crippen LogP contribution in [0.25, 0.3) is 0 Å². The third kappa shape index (κ3) is 3.21. The summed E-state index contributed by atoms with van der Waals surface area (Å²) in [6.07, 6.45) is 1.41. The van der Waals surface area contributed by atoms with Crippen molar-refractivity contribution in [2.75, 3.05) is 19.6 Å². The topological polar surface area (TPSA) is 3.24 Å². The van der Waals surface area contributed by atoms with Gasteiger partial charge in [0.15, 0.2) is 0 Å². The van der Waals surface area contributed by atoms with Gasteiger partial charge >= 0.3 is 0 Å². The highest BCUT2D eigenvalue weighted by atomic mass is 127. The molecular formula is C10H20IN. The summed E-state index contributed by atoms with van der Waals surface area (Å²) in [4.78, 5) is 2.62. The molecule has 1 rings (SSSR count). The van der Waals surface area contributed by atoms with Gasteiger partial charge < -0.3 is 4.90 Å². The summed E-state index contributed by atoms with van der Waals surface area (Å²) in [5.74, 6) is 1.78. The first-order valence-corrected chi connectivity index (χ1v) is 6.20. The highest BCUT2D eigenvalue weighted by Gasteiger charge is 2.25. The molecule has 1 unspecified atom stereocenters. The largest absolute Gasteiger partial charge is 0.303 e. The Bertz CT molecular complexity index is 134. The molecule has 0 N–H and O–H groups in total. The molecule has 1 nitrogen and oxygen atoms in total. The molecule has 12 heavy (non-hydrogen) atoms. The van der Waals surface area contributed by atoms with Crippen LogP contribution >= 0.6 is 22.6 Å². The highest BCUT2D eigenvalue weighted by molar-refractivity contribution is 14.1. The second-order valence-electron chi connectivity index (χ2n) is 4.38. The van der Waals surface area contributed by atoms with Crippen LogP contribution in [0, 0.1) is 11.8 Å². The Balaban J connectivity index is 2.26. The van der Waals surface area contributed by atoms with Gasteiger partial charge in [-0.25, -0.2) is 0 Å². The van der Waals surface area contributed by atoms with Crippen molar-refractivity contribution in [2.24, 2.45) is 11.8 Å². The predicted octanol–water partition coefficient (Wildman–Crippen LogP) is 2.79. The zero-order valence-corrected chi connectivity index (χ0v) is 10.5. The molecule has 1 aliphatic rings. The van der Waals surface area contributed by atoms with E-state index in [2.05, 4.69) is 48.3 Å². The summed E-state index contributed by atoms with van der Waals surface area (Å²) in [6, 6.07) is 0. The molecule has 1 saturated heterocycles. The molecule has 0 radical (unpaired) electrons. The maximum atomic E-state index is 2.62. The van der Waals surface area contributed by atoms with Crippen molar-refractivity contribution in [1.29, 1.82) is 0 Å². The van der Waals surface area contributed by atoms with Crippen LogP contribution in [-0.4, -0.2) is 28.5 Å². The van der Waals surface area contributed by atoms with Gasteiger partial charge in [-0.2, -0.15) is 0 Å². The number of likely N-dealkylation sites (tertiary alicyclic amines) is 1. The number of hydrogen-bond donors (Lipinski definition) is 0. The van der Waals surface area contributed by atoms with Crippen LogP contribution in [0.3, 0.4) is 0 Å². The van der Waals surface area contributed by atoms with Crippen molar-refractivity contribution in [1.82, 2.24) is 4.90 Å². The van der Waals surface area contributed by atoms with Gasteiger partial charge in [0.2, 0.25) is 0 Å². The minimum Gasteiger partial charge on any atom is -0.303 e. The lowest BCUT2D eigenvalue weighted by molar-refractivity contribution is 0.288. The molecule has 1 aliphatic heterocycles. The number of alkyl halides is 1. The molecule has 1 heterocycles. The normalized spacial score (nSPS) is 28.2. The first-order chi connectivity index (χ1) is 5.59. The van der Waals surface area contributed by atoms with Gasteiger partial charge in [0.25, 0.3) is 0 Å². The standard InChI is InChI=1S/C10H20IN/c1-8(2)6-12-5-4-10(7-12)9(3)11/h8-10H,4-7H2,1-3H3/t9?,10-/m1/s1. The van der Waals surface area contributed by atoms with Gasteiger partial charge in [-0.3, -0.25) is 0 Å². The molecule has 0 aromatic carbocycles. The van der Waals surface area contributed by atoms with E-state index in [-0.39, 0.29) is 0 Å². The zero-order valence-electron chi connectivity index (χ0n) is 8.39. The molecule has 2 heteroatoms. The van der Waals surface area contributed by atoms with Crippen LogP contribution in [0.4, 0.5) is 0 Å². The Hall–Kier alpha value is 0.690. The van der Waals surface area contributed by atoms with Crippen molar-refractivity contribution >= 4 is 22.6 Å². The van der Waals surface area contributed by atoms with Gasteiger partial charge in [-0.15, -0.1) is 0 Å². The Morgan fingerprint density at radius 1 is 1.42 bits per heavy atom. The van der Waals surface area contributed by atoms with Crippen LogP contribution in [0.2, 0.25) is 0 Å². The molecule has 1 fully saturated rings. The summed E-state index contributed by atoms with van der Waals surface area (Å²) in [5.41, 5.74) is 0. The predicted molar refractivity (Wildman–Crippen MR) is 62.9 cm³/mol. The van der Waals surface area contributed by atoms with Gasteiger partial charge in [0.1, 0.15) is 0 Å². The maximum Gasteiger partial charge on any atom is 0.0122 e. The summed E-state index contributed by atoms with van der Waals surface area (Å²) in [6.45, 7) is 10.9. The summed E-state index contributed by atoms with van der Waals surface area (Å²) in [7, 11) is 0. The third-order valence-electron chi connectivity index (χ3n) is 2.58. The highest BCUT2D eigenvalue weighted by Crippen LogP contribution is 2.24. The number of nitrogens with zero attached hydrogens (tertiary/aromatic N) is 1. The SMILES string of the molecule is CC(C)CN1CC[C@@H](C(C)I)C1. The number of rotatable bonds is 3. The van der Waals surface area contributed by atoms with Crippen LogP contribution in [0.15, 0.2) is 0 Å². The Morgan fingerprint density at radius 3 is 2.50 bits per heavy atom. The number of hydrogen-bond acceptors (Lipinski definition) is 1. The summed E-state index contributed by atoms with van der Waals surface area (Å²) < 4.78 is 0.847. The molecule has 0 amide bonds. The lowest BCUT2D eigenvalue weighted by Gasteiger charge is -2.18. The fourth-order valence-electron chi connectivity index (χ4n) is 1.92. The molecule has 0 aliphatic carbocycles. The summed E-state index contributed by atoms with van der Waals surface area (Å²) in [5, 5.41) is 0. The van der Waals surface area contributed by atoms with E-state index < -0.39 is 0 Å². The van der Waals surface area contributed by atoms with Gasteiger partial charge in [0.05, 0.1) is 0 Å². The van der Waals surface area contributed by atoms with E-state index in [9.17, 15) is 0 Å². The molecule has 72 valence electrons. The molecule has 0 bridgehead atoms. The molecular weight excluding hydrogens is 261 g/mol. The minimum absolute atomic E-state index is 0.827. The average Bonchev–Trinajstić information content (AvgIpc) is 2.34. The van der Waals surface area contributed by atoms with E-state index in [1.165, 1.54) is 26.1 Å². The fraction of sp³-hybridized carbons (Fsp3) is 1.00. The molecule has 0 spiro atoms. The Labute approximate surface area is 90.0 Å². The van der Waals surface area contributed by atoms with Crippen molar-refractivity contribution in [3.63, 3.8) is 0 Å². The van der Waals surface area contributed by atoms with E-state index in [0.717, 1.165) is 15.8 Å². The monoisotopic (exact) mass is 281 g/mol. The second kappa shape index (κ2) is 4.80. The van der Waals surface area contributed by atoms with Crippen molar-refractivity contribution in [3.05, 3.63) is 0 Å². The number of halogens is 1. The zero-order chi connectivity index (χ0) is 9.14. The Morgan fingerprint density at radius 2 is 2.08 bits per heavy atom. The van der Waals surface area contributed by atoms with E-state index in [0.29, 0.717) is 0 Å². The maximum absolute atomic E-state index is 2.62. The first kappa shape index (κ1) is 10.8. The molecule has 0 aromatic rings. The Kier molecular flexibility index (Phi) is 4.30. The van der Waals surface area contributed by atoms with Gasteiger partial charge in [-0.1, -0.05) is 43.4 Å². The minimum atomic E-state index is 0.827. The third-order valence-corrected chi connectivity index (χ3v) is 3.60. The smallest absolute Gasteiger partial charge is 0.0122 e.